The van der Waals surface area contributed by atoms with E-state index in [1.54, 1.807) is 0 Å². The van der Waals surface area contributed by atoms with Crippen LogP contribution < -0.4 is 28.7 Å². The maximum absolute atomic E-state index is 5.99. The lowest BCUT2D eigenvalue weighted by Crippen LogP contribution is -2.10. The van der Waals surface area contributed by atoms with Crippen LogP contribution in [-0.4, -0.2) is 35.6 Å². The van der Waals surface area contributed by atoms with Crippen LogP contribution in [0.4, 0.5) is 34.1 Å². The second-order valence-electron chi connectivity index (χ2n) is 19.1. The summed E-state index contributed by atoms with van der Waals surface area (Å²) in [7, 11) is 4.23. The minimum Gasteiger partial charge on any atom is -0.494 e. The van der Waals surface area contributed by atoms with Crippen LogP contribution in [0.2, 0.25) is 0 Å². The predicted molar refractivity (Wildman–Crippen MR) is 321 cm³/mol. The van der Waals surface area contributed by atoms with E-state index in [4.69, 9.17) is 18.9 Å². The molecular formula is C68H76N4O4. The molecular weight excluding hydrogens is 937 g/mol. The van der Waals surface area contributed by atoms with Gasteiger partial charge in [0.15, 0.2) is 0 Å². The molecule has 0 bridgehead atoms. The zero-order chi connectivity index (χ0) is 52.9. The van der Waals surface area contributed by atoms with Crippen LogP contribution in [0.15, 0.2) is 170 Å². The highest BCUT2D eigenvalue weighted by Gasteiger charge is 2.15. The summed E-state index contributed by atoms with van der Waals surface area (Å²) in [6.45, 7) is 11.6. The first-order valence-corrected chi connectivity index (χ1v) is 27.4. The van der Waals surface area contributed by atoms with Gasteiger partial charge in [0.2, 0.25) is 0 Å². The number of rotatable bonds is 28. The van der Waals surface area contributed by atoms with Crippen LogP contribution in [0.25, 0.3) is 36.5 Å². The van der Waals surface area contributed by atoms with Crippen LogP contribution in [0.3, 0.4) is 0 Å². The molecule has 0 saturated carbocycles. The molecule has 2 heterocycles. The van der Waals surface area contributed by atoms with Crippen molar-refractivity contribution in [3.05, 3.63) is 204 Å². The maximum atomic E-state index is 5.99. The Bertz CT molecular complexity index is 2760. The van der Waals surface area contributed by atoms with Gasteiger partial charge in [0.25, 0.3) is 0 Å². The summed E-state index contributed by atoms with van der Waals surface area (Å²) in [6, 6.07) is 59.6. The second-order valence-corrected chi connectivity index (χ2v) is 19.1. The van der Waals surface area contributed by atoms with E-state index in [0.717, 1.165) is 169 Å². The first-order valence-electron chi connectivity index (χ1n) is 27.4. The Balaban J connectivity index is 0.918. The van der Waals surface area contributed by atoms with Crippen molar-refractivity contribution in [2.45, 2.75) is 79.1 Å². The van der Waals surface area contributed by atoms with E-state index in [1.807, 2.05) is 0 Å². The number of benzene rings is 6. The Morgan fingerprint density at radius 3 is 0.724 bits per heavy atom. The zero-order valence-electron chi connectivity index (χ0n) is 45.5. The van der Waals surface area contributed by atoms with Crippen molar-refractivity contribution >= 4 is 70.6 Å². The molecule has 0 atom stereocenters. The van der Waals surface area contributed by atoms with Crippen LogP contribution in [0, 0.1) is 0 Å². The molecule has 0 unspecified atom stereocenters. The molecule has 8 aromatic rings. The van der Waals surface area contributed by atoms with Gasteiger partial charge in [-0.25, -0.2) is 0 Å². The summed E-state index contributed by atoms with van der Waals surface area (Å²) in [6.07, 6.45) is 21.7. The van der Waals surface area contributed by atoms with Gasteiger partial charge in [-0.3, -0.25) is 0 Å². The fourth-order valence-corrected chi connectivity index (χ4v) is 8.76. The number of aromatic nitrogens is 2. The highest BCUT2D eigenvalue weighted by atomic mass is 16.5. The van der Waals surface area contributed by atoms with Gasteiger partial charge in [0.1, 0.15) is 23.0 Å². The fraction of sp³-hybridized carbons (Fsp3) is 0.265. The molecule has 8 heteroatoms. The van der Waals surface area contributed by atoms with Crippen molar-refractivity contribution in [3.8, 4) is 23.0 Å². The van der Waals surface area contributed by atoms with Crippen LogP contribution in [0.1, 0.15) is 113 Å². The smallest absolute Gasteiger partial charge is 0.119 e. The first kappa shape index (κ1) is 54.2. The quantitative estimate of drug-likeness (QED) is 0.0456. The van der Waals surface area contributed by atoms with Crippen LogP contribution in [-0.2, 0) is 14.1 Å². The summed E-state index contributed by atoms with van der Waals surface area (Å²) < 4.78 is 28.4. The molecule has 0 aliphatic rings. The lowest BCUT2D eigenvalue weighted by atomic mass is 10.1. The average Bonchev–Trinajstić information content (AvgIpc) is 4.00. The van der Waals surface area contributed by atoms with Gasteiger partial charge in [-0.1, -0.05) is 89.8 Å². The Labute approximate surface area is 452 Å². The highest BCUT2D eigenvalue weighted by Crippen LogP contribution is 2.38. The third-order valence-corrected chi connectivity index (χ3v) is 13.5. The van der Waals surface area contributed by atoms with E-state index < -0.39 is 0 Å². The second kappa shape index (κ2) is 28.0. The Hall–Kier alpha value is -8.10. The molecule has 8 nitrogen and oxygen atoms in total. The molecule has 0 aliphatic carbocycles. The SMILES string of the molecule is CCCCOc1ccc(N(c2ccc(/C=C/c3ccc(/C=C/c4ccc(/C=C/c5ccc(N(c6ccc(OCCCC)cc6)c6ccc(OCCCC)cc6)cc5)n4C)n3C)cc2)c2ccc(OCCCC)cc2)cc1. The van der Waals surface area contributed by atoms with Crippen molar-refractivity contribution in [2.75, 3.05) is 36.2 Å². The molecule has 76 heavy (non-hydrogen) atoms. The minimum atomic E-state index is 0.724. The third-order valence-electron chi connectivity index (χ3n) is 13.5. The largest absolute Gasteiger partial charge is 0.494 e. The average molecular weight is 1010 g/mol. The van der Waals surface area contributed by atoms with Gasteiger partial charge in [-0.05, 0) is 207 Å². The normalized spacial score (nSPS) is 11.5. The molecule has 0 N–H and O–H groups in total. The van der Waals surface area contributed by atoms with Crippen molar-refractivity contribution in [2.24, 2.45) is 14.1 Å². The van der Waals surface area contributed by atoms with Crippen molar-refractivity contribution < 1.29 is 18.9 Å². The molecule has 0 spiro atoms. The third kappa shape index (κ3) is 14.8. The molecule has 0 fully saturated rings. The van der Waals surface area contributed by atoms with E-state index in [2.05, 4.69) is 267 Å². The number of hydrogen-bond acceptors (Lipinski definition) is 6. The van der Waals surface area contributed by atoms with E-state index in [0.29, 0.717) is 0 Å². The highest BCUT2D eigenvalue weighted by molar-refractivity contribution is 5.81. The van der Waals surface area contributed by atoms with Gasteiger partial charge in [-0.15, -0.1) is 0 Å². The lowest BCUT2D eigenvalue weighted by molar-refractivity contribution is 0.309. The predicted octanol–water partition coefficient (Wildman–Crippen LogP) is 18.5. The summed E-state index contributed by atoms with van der Waals surface area (Å²) in [5.74, 6) is 3.54. The topological polar surface area (TPSA) is 53.3 Å². The van der Waals surface area contributed by atoms with Crippen molar-refractivity contribution in [1.82, 2.24) is 9.13 Å². The number of nitrogens with zero attached hydrogens (tertiary/aromatic N) is 4. The molecule has 2 aromatic heterocycles. The molecule has 0 aliphatic heterocycles. The van der Waals surface area contributed by atoms with E-state index >= 15 is 0 Å². The molecule has 0 saturated heterocycles. The number of hydrogen-bond donors (Lipinski definition) is 0. The summed E-state index contributed by atoms with van der Waals surface area (Å²) in [4.78, 5) is 4.54. The van der Waals surface area contributed by atoms with Crippen LogP contribution in [0.5, 0.6) is 23.0 Å². The standard InChI is InChI=1S/C68H76N4O4/c1-7-11-49-73-65-41-33-61(34-42-65)71(62-35-43-66(44-36-62)74-50-12-8-2)59-23-17-53(18-24-59)15-21-55-27-29-57(69(55)5)31-32-58-30-28-56(70(58)6)22-16-54-19-25-60(26-20-54)72(63-37-45-67(46-38-63)75-51-13-9-3)64-39-47-68(48-40-64)76-52-14-10-4/h15-48H,7-14,49-52H2,1-6H3/b21-15+,22-16+,32-31+. The minimum absolute atomic E-state index is 0.724. The van der Waals surface area contributed by atoms with Gasteiger partial charge >= 0.3 is 0 Å². The maximum Gasteiger partial charge on any atom is 0.119 e. The van der Waals surface area contributed by atoms with Gasteiger partial charge in [0.05, 0.1) is 26.4 Å². The summed E-state index contributed by atoms with van der Waals surface area (Å²) in [5, 5.41) is 0. The first-order chi connectivity index (χ1) is 37.3. The van der Waals surface area contributed by atoms with E-state index in [9.17, 15) is 0 Å². The van der Waals surface area contributed by atoms with E-state index in [-0.39, 0.29) is 0 Å². The van der Waals surface area contributed by atoms with Gasteiger partial charge in [0, 0.05) is 71.0 Å². The molecule has 6 aromatic carbocycles. The number of ether oxygens (including phenoxy) is 4. The van der Waals surface area contributed by atoms with Gasteiger partial charge < -0.3 is 37.9 Å². The Kier molecular flexibility index (Phi) is 19.9. The summed E-state index contributed by atoms with van der Waals surface area (Å²) >= 11 is 0. The summed E-state index contributed by atoms with van der Waals surface area (Å²) in [5.41, 5.74) is 13.1. The van der Waals surface area contributed by atoms with Gasteiger partial charge in [-0.2, -0.15) is 0 Å². The molecule has 0 amide bonds. The van der Waals surface area contributed by atoms with Crippen molar-refractivity contribution in [1.29, 1.82) is 0 Å². The Morgan fingerprint density at radius 2 is 0.500 bits per heavy atom. The number of anilines is 6. The fourth-order valence-electron chi connectivity index (χ4n) is 8.76. The van der Waals surface area contributed by atoms with Crippen LogP contribution >= 0.6 is 0 Å². The monoisotopic (exact) mass is 1010 g/mol. The zero-order valence-corrected chi connectivity index (χ0v) is 45.5. The van der Waals surface area contributed by atoms with Crippen molar-refractivity contribution in [3.63, 3.8) is 0 Å². The number of unbranched alkanes of at least 4 members (excludes halogenated alkanes) is 4. The Morgan fingerprint density at radius 1 is 0.289 bits per heavy atom. The lowest BCUT2D eigenvalue weighted by Gasteiger charge is -2.26. The molecule has 0 radical (unpaired) electrons. The molecule has 392 valence electrons. The molecule has 8 rings (SSSR count). The van der Waals surface area contributed by atoms with E-state index in [1.165, 1.54) is 0 Å².